The Bertz CT molecular complexity index is 1170. The Morgan fingerprint density at radius 2 is 1.74 bits per heavy atom. The first-order valence-electron chi connectivity index (χ1n) is 10.7. The van der Waals surface area contributed by atoms with Gasteiger partial charge in [0.2, 0.25) is 17.8 Å². The molecule has 0 spiro atoms. The summed E-state index contributed by atoms with van der Waals surface area (Å²) < 4.78 is 0. The van der Waals surface area contributed by atoms with Gasteiger partial charge in [0.1, 0.15) is 5.82 Å². The second-order valence-electron chi connectivity index (χ2n) is 8.49. The number of amides is 2. The first kappa shape index (κ1) is 19.5. The van der Waals surface area contributed by atoms with E-state index in [-0.39, 0.29) is 11.8 Å². The molecule has 158 valence electrons. The van der Waals surface area contributed by atoms with E-state index in [1.165, 1.54) is 17.7 Å². The van der Waals surface area contributed by atoms with E-state index >= 15 is 0 Å². The number of nitrogens with zero attached hydrogens (tertiary/aromatic N) is 4. The molecule has 1 aromatic heterocycles. The van der Waals surface area contributed by atoms with Gasteiger partial charge in [0.05, 0.1) is 12.1 Å². The predicted molar refractivity (Wildman–Crippen MR) is 121 cm³/mol. The summed E-state index contributed by atoms with van der Waals surface area (Å²) in [4.78, 5) is 36.7. The molecule has 5 rings (SSSR count). The second-order valence-corrected chi connectivity index (χ2v) is 8.49. The third kappa shape index (κ3) is 3.95. The van der Waals surface area contributed by atoms with Crippen molar-refractivity contribution in [2.24, 2.45) is 0 Å². The zero-order chi connectivity index (χ0) is 21.5. The van der Waals surface area contributed by atoms with Gasteiger partial charge in [-0.3, -0.25) is 14.5 Å². The van der Waals surface area contributed by atoms with E-state index in [0.717, 1.165) is 33.4 Å². The Balaban J connectivity index is 1.50. The van der Waals surface area contributed by atoms with Crippen LogP contribution in [0.1, 0.15) is 31.2 Å². The molecule has 0 bridgehead atoms. The molecule has 2 heterocycles. The molecule has 1 saturated carbocycles. The Kier molecular flexibility index (Phi) is 4.81. The van der Waals surface area contributed by atoms with E-state index in [0.29, 0.717) is 31.4 Å². The number of fused-ring (bicyclic) bond motifs is 1. The number of benzene rings is 2. The van der Waals surface area contributed by atoms with E-state index in [9.17, 15) is 9.59 Å². The second kappa shape index (κ2) is 7.65. The molecule has 31 heavy (non-hydrogen) atoms. The van der Waals surface area contributed by atoms with E-state index < -0.39 is 0 Å². The molecule has 0 unspecified atom stereocenters. The number of carbonyl (C=O) groups is 2. The van der Waals surface area contributed by atoms with E-state index in [2.05, 4.69) is 17.4 Å². The van der Waals surface area contributed by atoms with Gasteiger partial charge in [-0.1, -0.05) is 24.3 Å². The van der Waals surface area contributed by atoms with Gasteiger partial charge < -0.3 is 10.2 Å². The van der Waals surface area contributed by atoms with Gasteiger partial charge in [-0.05, 0) is 47.7 Å². The molecular weight excluding hydrogens is 390 g/mol. The first-order chi connectivity index (χ1) is 15.0. The van der Waals surface area contributed by atoms with Gasteiger partial charge in [0.15, 0.2) is 0 Å². The van der Waals surface area contributed by atoms with Crippen LogP contribution in [0.3, 0.4) is 0 Å². The predicted octanol–water partition coefficient (Wildman–Crippen LogP) is 3.59. The zero-order valence-corrected chi connectivity index (χ0v) is 17.8. The highest BCUT2D eigenvalue weighted by Gasteiger charge is 2.28. The fourth-order valence-electron chi connectivity index (χ4n) is 3.86. The van der Waals surface area contributed by atoms with Crippen LogP contribution >= 0.6 is 0 Å². The van der Waals surface area contributed by atoms with Gasteiger partial charge in [0.25, 0.3) is 0 Å². The summed E-state index contributed by atoms with van der Waals surface area (Å²) in [6.45, 7) is 0.322. The lowest BCUT2D eigenvalue weighted by molar-refractivity contribution is -0.139. The SMILES string of the molecule is CN(C)c1nc(NC2CC2)c2cc(-c3cccc(CN4C(=O)CCC4=O)c3)ccc2n1. The smallest absolute Gasteiger partial charge is 0.229 e. The van der Waals surface area contributed by atoms with E-state index in [1.807, 2.05) is 49.3 Å². The van der Waals surface area contributed by atoms with Crippen molar-refractivity contribution in [3.63, 3.8) is 0 Å². The largest absolute Gasteiger partial charge is 0.367 e. The topological polar surface area (TPSA) is 78.4 Å². The summed E-state index contributed by atoms with van der Waals surface area (Å²) in [5.41, 5.74) is 3.92. The molecule has 1 N–H and O–H groups in total. The molecule has 7 heteroatoms. The van der Waals surface area contributed by atoms with Crippen molar-refractivity contribution in [3.8, 4) is 11.1 Å². The van der Waals surface area contributed by atoms with Gasteiger partial charge in [0, 0.05) is 38.4 Å². The summed E-state index contributed by atoms with van der Waals surface area (Å²) >= 11 is 0. The average molecular weight is 415 g/mol. The number of hydrogen-bond donors (Lipinski definition) is 1. The summed E-state index contributed by atoms with van der Waals surface area (Å²) in [5.74, 6) is 1.37. The maximum Gasteiger partial charge on any atom is 0.229 e. The normalized spacial score (nSPS) is 16.3. The van der Waals surface area contributed by atoms with Crippen LogP contribution < -0.4 is 10.2 Å². The molecule has 1 aliphatic heterocycles. The van der Waals surface area contributed by atoms with Crippen molar-refractivity contribution in [3.05, 3.63) is 48.0 Å². The maximum atomic E-state index is 12.0. The standard InChI is InChI=1S/C24H25N5O2/c1-28(2)24-26-20-9-6-17(13-19(20)23(27-24)25-18-7-8-18)16-5-3-4-15(12-16)14-29-21(30)10-11-22(29)31/h3-6,9,12-13,18H,7-8,10-11,14H2,1-2H3,(H,25,26,27). The van der Waals surface area contributed by atoms with E-state index in [4.69, 9.17) is 9.97 Å². The number of hydrogen-bond acceptors (Lipinski definition) is 6. The minimum absolute atomic E-state index is 0.0919. The Morgan fingerprint density at radius 3 is 2.45 bits per heavy atom. The number of rotatable bonds is 6. The molecular formula is C24H25N5O2. The third-order valence-electron chi connectivity index (χ3n) is 5.76. The van der Waals surface area contributed by atoms with Crippen molar-refractivity contribution in [1.29, 1.82) is 0 Å². The fourth-order valence-corrected chi connectivity index (χ4v) is 3.86. The Hall–Kier alpha value is -3.48. The number of nitrogens with one attached hydrogen (secondary N) is 1. The number of carbonyl (C=O) groups excluding carboxylic acids is 2. The van der Waals surface area contributed by atoms with Crippen LogP contribution in [0.5, 0.6) is 0 Å². The van der Waals surface area contributed by atoms with Crippen molar-refractivity contribution in [2.45, 2.75) is 38.3 Å². The molecule has 2 fully saturated rings. The highest BCUT2D eigenvalue weighted by atomic mass is 16.2. The van der Waals surface area contributed by atoms with Crippen LogP contribution in [-0.4, -0.2) is 46.8 Å². The van der Waals surface area contributed by atoms with Crippen LogP contribution in [-0.2, 0) is 16.1 Å². The van der Waals surface area contributed by atoms with Crippen LogP contribution in [0.15, 0.2) is 42.5 Å². The highest BCUT2D eigenvalue weighted by Crippen LogP contribution is 2.32. The summed E-state index contributed by atoms with van der Waals surface area (Å²) in [7, 11) is 3.88. The maximum absolute atomic E-state index is 12.0. The molecule has 2 aromatic carbocycles. The highest BCUT2D eigenvalue weighted by molar-refractivity contribution is 6.01. The molecule has 0 radical (unpaired) electrons. The third-order valence-corrected chi connectivity index (χ3v) is 5.76. The lowest BCUT2D eigenvalue weighted by atomic mass is 10.0. The first-order valence-corrected chi connectivity index (χ1v) is 10.7. The van der Waals surface area contributed by atoms with Crippen LogP contribution in [0.25, 0.3) is 22.0 Å². The number of likely N-dealkylation sites (tertiary alicyclic amines) is 1. The van der Waals surface area contributed by atoms with Crippen molar-refractivity contribution in [2.75, 3.05) is 24.3 Å². The van der Waals surface area contributed by atoms with Crippen LogP contribution in [0.4, 0.5) is 11.8 Å². The van der Waals surface area contributed by atoms with Crippen molar-refractivity contribution < 1.29 is 9.59 Å². The van der Waals surface area contributed by atoms with Crippen molar-refractivity contribution >= 4 is 34.5 Å². The fraction of sp³-hybridized carbons (Fsp3) is 0.333. The van der Waals surface area contributed by atoms with Crippen LogP contribution in [0, 0.1) is 0 Å². The summed E-state index contributed by atoms with van der Waals surface area (Å²) in [5, 5.41) is 4.53. The van der Waals surface area contributed by atoms with E-state index in [1.54, 1.807) is 0 Å². The summed E-state index contributed by atoms with van der Waals surface area (Å²) in [6, 6.07) is 14.7. The number of aromatic nitrogens is 2. The lowest BCUT2D eigenvalue weighted by Crippen LogP contribution is -2.28. The monoisotopic (exact) mass is 415 g/mol. The van der Waals surface area contributed by atoms with Gasteiger partial charge >= 0.3 is 0 Å². The van der Waals surface area contributed by atoms with Gasteiger partial charge in [-0.15, -0.1) is 0 Å². The molecule has 2 amide bonds. The molecule has 3 aromatic rings. The average Bonchev–Trinajstić information content (AvgIpc) is 3.53. The molecule has 7 nitrogen and oxygen atoms in total. The minimum Gasteiger partial charge on any atom is -0.367 e. The molecule has 0 atom stereocenters. The Labute approximate surface area is 181 Å². The van der Waals surface area contributed by atoms with Crippen molar-refractivity contribution in [1.82, 2.24) is 14.9 Å². The molecule has 2 aliphatic rings. The quantitative estimate of drug-likeness (QED) is 0.620. The number of anilines is 2. The number of imide groups is 1. The minimum atomic E-state index is -0.0919. The Morgan fingerprint density at radius 1 is 1.00 bits per heavy atom. The lowest BCUT2D eigenvalue weighted by Gasteiger charge is -2.16. The van der Waals surface area contributed by atoms with Crippen LogP contribution in [0.2, 0.25) is 0 Å². The molecule has 1 aliphatic carbocycles. The zero-order valence-electron chi connectivity index (χ0n) is 17.8. The van der Waals surface area contributed by atoms with Gasteiger partial charge in [-0.2, -0.15) is 4.98 Å². The molecule has 1 saturated heterocycles. The van der Waals surface area contributed by atoms with Gasteiger partial charge in [-0.25, -0.2) is 4.98 Å². The summed E-state index contributed by atoms with van der Waals surface area (Å²) in [6.07, 6.45) is 2.96.